The molecular weight excluding hydrogens is 438 g/mol. The van der Waals surface area contributed by atoms with Crippen molar-refractivity contribution in [3.05, 3.63) is 75.8 Å². The van der Waals surface area contributed by atoms with Crippen LogP contribution in [-0.4, -0.2) is 38.1 Å². The number of rotatable bonds is 9. The van der Waals surface area contributed by atoms with Crippen LogP contribution in [0.15, 0.2) is 47.4 Å². The van der Waals surface area contributed by atoms with E-state index in [1.54, 1.807) is 63.7 Å². The first-order valence-electron chi connectivity index (χ1n) is 10.7. The van der Waals surface area contributed by atoms with E-state index in [1.807, 2.05) is 11.4 Å². The van der Waals surface area contributed by atoms with Gasteiger partial charge in [-0.05, 0) is 57.9 Å². The van der Waals surface area contributed by atoms with Crippen molar-refractivity contribution in [1.82, 2.24) is 15.0 Å². The summed E-state index contributed by atoms with van der Waals surface area (Å²) in [4.78, 5) is 51.8. The molecule has 3 rings (SSSR count). The van der Waals surface area contributed by atoms with Crippen molar-refractivity contribution in [3.8, 4) is 0 Å². The Bertz CT molecular complexity index is 1140. The maximum Gasteiger partial charge on any atom is 0.317 e. The third-order valence-corrected chi connectivity index (χ3v) is 5.48. The fraction of sp³-hybridized carbons (Fsp3) is 0.360. The van der Waals surface area contributed by atoms with E-state index in [4.69, 9.17) is 4.74 Å². The lowest BCUT2D eigenvalue weighted by Crippen LogP contribution is -2.33. The summed E-state index contributed by atoms with van der Waals surface area (Å²) in [5, 5.41) is 1.92. The molecular formula is C25H27N3O4S. The van der Waals surface area contributed by atoms with Gasteiger partial charge in [-0.25, -0.2) is 9.97 Å². The van der Waals surface area contributed by atoms with Gasteiger partial charge in [0.2, 0.25) is 0 Å². The second-order valence-corrected chi connectivity index (χ2v) is 9.47. The van der Waals surface area contributed by atoms with Crippen molar-refractivity contribution in [2.45, 2.75) is 52.6 Å². The van der Waals surface area contributed by atoms with Crippen molar-refractivity contribution in [2.24, 2.45) is 5.92 Å². The number of thiazole rings is 1. The molecule has 0 saturated carbocycles. The minimum atomic E-state index is -1.14. The Labute approximate surface area is 197 Å². The van der Waals surface area contributed by atoms with Crippen LogP contribution in [0.4, 0.5) is 0 Å². The zero-order valence-corrected chi connectivity index (χ0v) is 20.0. The van der Waals surface area contributed by atoms with Crippen LogP contribution in [-0.2, 0) is 16.0 Å². The van der Waals surface area contributed by atoms with Gasteiger partial charge in [-0.3, -0.25) is 19.4 Å². The van der Waals surface area contributed by atoms with Crippen LogP contribution in [0.3, 0.4) is 0 Å². The fourth-order valence-corrected chi connectivity index (χ4v) is 3.86. The van der Waals surface area contributed by atoms with Crippen LogP contribution in [0.25, 0.3) is 0 Å². The highest BCUT2D eigenvalue weighted by molar-refractivity contribution is 7.07. The average Bonchev–Trinajstić information content (AvgIpc) is 3.26. The van der Waals surface area contributed by atoms with E-state index in [0.29, 0.717) is 17.8 Å². The lowest BCUT2D eigenvalue weighted by molar-refractivity contribution is -0.158. The summed E-state index contributed by atoms with van der Waals surface area (Å²) >= 11 is 1.49. The van der Waals surface area contributed by atoms with Gasteiger partial charge in [0.05, 0.1) is 11.2 Å². The summed E-state index contributed by atoms with van der Waals surface area (Å²) in [6, 6.07) is 8.68. The molecule has 0 aliphatic carbocycles. The van der Waals surface area contributed by atoms with E-state index in [0.717, 1.165) is 11.3 Å². The Balaban J connectivity index is 1.81. The zero-order chi connectivity index (χ0) is 24.0. The highest BCUT2D eigenvalue weighted by Crippen LogP contribution is 2.21. The summed E-state index contributed by atoms with van der Waals surface area (Å²) in [7, 11) is 0. The maximum absolute atomic E-state index is 13.3. The molecule has 0 bridgehead atoms. The minimum absolute atomic E-state index is 0.00792. The Morgan fingerprint density at radius 3 is 2.52 bits per heavy atom. The molecule has 3 aromatic heterocycles. The maximum atomic E-state index is 13.3. The quantitative estimate of drug-likeness (QED) is 0.258. The lowest BCUT2D eigenvalue weighted by atomic mass is 9.93. The van der Waals surface area contributed by atoms with Gasteiger partial charge >= 0.3 is 5.97 Å². The highest BCUT2D eigenvalue weighted by Gasteiger charge is 2.33. The summed E-state index contributed by atoms with van der Waals surface area (Å²) in [5.41, 5.74) is 3.77. The van der Waals surface area contributed by atoms with Gasteiger partial charge in [-0.15, -0.1) is 11.3 Å². The van der Waals surface area contributed by atoms with Gasteiger partial charge in [0.25, 0.3) is 0 Å². The lowest BCUT2D eigenvalue weighted by Gasteiger charge is -2.23. The Hall–Kier alpha value is -3.26. The molecule has 0 fully saturated rings. The van der Waals surface area contributed by atoms with Crippen molar-refractivity contribution in [1.29, 1.82) is 0 Å². The monoisotopic (exact) mass is 465 g/mol. The number of nitrogens with zero attached hydrogens (tertiary/aromatic N) is 3. The number of aryl methyl sites for hydroxylation is 1. The molecule has 0 aliphatic heterocycles. The summed E-state index contributed by atoms with van der Waals surface area (Å²) in [6.07, 6.45) is 2.04. The van der Waals surface area contributed by atoms with Crippen LogP contribution in [0.2, 0.25) is 0 Å². The standard InChI is InChI=1S/C25H27N3O4S/c1-16-7-6-12-26-22(16)21(29)11-10-19(24(31)32-25(2,3)4)23(30)20-9-5-8-17(28-20)13-18-14-33-15-27-18/h5-9,12,14-15,19H,10-11,13H2,1-4H3. The van der Waals surface area contributed by atoms with Gasteiger partial charge in [-0.2, -0.15) is 0 Å². The van der Waals surface area contributed by atoms with Gasteiger partial charge in [-0.1, -0.05) is 12.1 Å². The van der Waals surface area contributed by atoms with Crippen molar-refractivity contribution in [3.63, 3.8) is 0 Å². The smallest absolute Gasteiger partial charge is 0.317 e. The van der Waals surface area contributed by atoms with Crippen molar-refractivity contribution >= 4 is 28.9 Å². The molecule has 0 spiro atoms. The van der Waals surface area contributed by atoms with Crippen LogP contribution in [0.1, 0.15) is 71.5 Å². The number of Topliss-reactive ketones (excluding diaryl/α,β-unsaturated/α-hetero) is 2. The number of hydrogen-bond donors (Lipinski definition) is 0. The molecule has 1 unspecified atom stereocenters. The number of carbonyl (C=O) groups excluding carboxylic acids is 3. The Kier molecular flexibility index (Phi) is 7.81. The third-order valence-electron chi connectivity index (χ3n) is 4.85. The topological polar surface area (TPSA) is 99.1 Å². The third kappa shape index (κ3) is 6.86. The van der Waals surface area contributed by atoms with Crippen LogP contribution in [0.5, 0.6) is 0 Å². The van der Waals surface area contributed by atoms with E-state index >= 15 is 0 Å². The molecule has 0 N–H and O–H groups in total. The van der Waals surface area contributed by atoms with E-state index < -0.39 is 23.3 Å². The zero-order valence-electron chi connectivity index (χ0n) is 19.2. The van der Waals surface area contributed by atoms with Crippen molar-refractivity contribution in [2.75, 3.05) is 0 Å². The largest absolute Gasteiger partial charge is 0.459 e. The van der Waals surface area contributed by atoms with Crippen LogP contribution in [0, 0.1) is 12.8 Å². The fourth-order valence-electron chi connectivity index (χ4n) is 3.30. The second kappa shape index (κ2) is 10.6. The number of ketones is 2. The van der Waals surface area contributed by atoms with Crippen LogP contribution < -0.4 is 0 Å². The van der Waals surface area contributed by atoms with Gasteiger partial charge in [0, 0.05) is 30.1 Å². The summed E-state index contributed by atoms with van der Waals surface area (Å²) in [5.74, 6) is -2.49. The molecule has 33 heavy (non-hydrogen) atoms. The number of esters is 1. The van der Waals surface area contributed by atoms with E-state index in [-0.39, 0.29) is 24.3 Å². The predicted octanol–water partition coefficient (Wildman–Crippen LogP) is 4.64. The number of hydrogen-bond acceptors (Lipinski definition) is 8. The van der Waals surface area contributed by atoms with Crippen LogP contribution >= 0.6 is 11.3 Å². The molecule has 172 valence electrons. The molecule has 0 amide bonds. The molecule has 1 atom stereocenters. The molecule has 0 aromatic carbocycles. The summed E-state index contributed by atoms with van der Waals surface area (Å²) < 4.78 is 5.50. The predicted molar refractivity (Wildman–Crippen MR) is 125 cm³/mol. The Morgan fingerprint density at radius 2 is 1.85 bits per heavy atom. The molecule has 0 aliphatic rings. The van der Waals surface area contributed by atoms with E-state index in [1.165, 1.54) is 11.3 Å². The molecule has 8 heteroatoms. The van der Waals surface area contributed by atoms with Gasteiger partial charge in [0.15, 0.2) is 11.6 Å². The normalized spacial score (nSPS) is 12.2. The molecule has 7 nitrogen and oxygen atoms in total. The first kappa shape index (κ1) is 24.4. The first-order valence-corrected chi connectivity index (χ1v) is 11.6. The average molecular weight is 466 g/mol. The highest BCUT2D eigenvalue weighted by atomic mass is 32.1. The van der Waals surface area contributed by atoms with E-state index in [2.05, 4.69) is 15.0 Å². The first-order chi connectivity index (χ1) is 15.6. The number of pyridine rings is 2. The number of carbonyl (C=O) groups is 3. The SMILES string of the molecule is Cc1cccnc1C(=O)CCC(C(=O)OC(C)(C)C)C(=O)c1cccc(Cc2cscn2)n1. The molecule has 3 aromatic rings. The molecule has 0 radical (unpaired) electrons. The second-order valence-electron chi connectivity index (χ2n) is 8.75. The molecule has 3 heterocycles. The number of ether oxygens (including phenoxy) is 1. The van der Waals surface area contributed by atoms with Gasteiger partial charge in [0.1, 0.15) is 22.9 Å². The van der Waals surface area contributed by atoms with Crippen molar-refractivity contribution < 1.29 is 19.1 Å². The number of aromatic nitrogens is 3. The summed E-state index contributed by atoms with van der Waals surface area (Å²) in [6.45, 7) is 7.01. The van der Waals surface area contributed by atoms with E-state index in [9.17, 15) is 14.4 Å². The molecule has 0 saturated heterocycles. The van der Waals surface area contributed by atoms with Gasteiger partial charge < -0.3 is 4.74 Å². The Morgan fingerprint density at radius 1 is 1.06 bits per heavy atom. The minimum Gasteiger partial charge on any atom is -0.459 e.